The largest absolute Gasteiger partial charge is 0.409 e. The van der Waals surface area contributed by atoms with Gasteiger partial charge in [-0.25, -0.2) is 0 Å². The molecular weight excluding hydrogens is 341 g/mol. The number of fused-ring (bicyclic) bond motifs is 1. The maximum absolute atomic E-state index is 14.1. The van der Waals surface area contributed by atoms with Crippen LogP contribution in [-0.2, 0) is 11.2 Å². The highest BCUT2D eigenvalue weighted by Gasteiger charge is 2.53. The third-order valence-electron chi connectivity index (χ3n) is 4.92. The van der Waals surface area contributed by atoms with Gasteiger partial charge in [-0.2, -0.15) is 18.2 Å². The van der Waals surface area contributed by atoms with Crippen LogP contribution in [0.2, 0.25) is 0 Å². The Hall–Kier alpha value is -2.08. The van der Waals surface area contributed by atoms with Gasteiger partial charge >= 0.3 is 6.18 Å². The van der Waals surface area contributed by atoms with Crippen LogP contribution < -0.4 is 5.43 Å². The summed E-state index contributed by atoms with van der Waals surface area (Å²) in [6.07, 6.45) is -2.76. The first-order valence-corrected chi connectivity index (χ1v) is 8.81. The summed E-state index contributed by atoms with van der Waals surface area (Å²) in [6.45, 7) is 5.35. The monoisotopic (exact) mass is 364 g/mol. The van der Waals surface area contributed by atoms with E-state index in [4.69, 9.17) is 0 Å². The second kappa shape index (κ2) is 6.58. The lowest BCUT2D eigenvalue weighted by molar-refractivity contribution is -0.203. The molecule has 3 rings (SSSR count). The SMILES string of the molecule is CCCc1ccc([C@H](N2NC(=O)CC2(C)C)C(F)(F)F)c2ccccc12. The predicted octanol–water partition coefficient (Wildman–Crippen LogP) is 4.91. The Morgan fingerprint density at radius 1 is 1.15 bits per heavy atom. The lowest BCUT2D eigenvalue weighted by Gasteiger charge is -2.38. The van der Waals surface area contributed by atoms with Crippen molar-refractivity contribution in [2.75, 3.05) is 0 Å². The van der Waals surface area contributed by atoms with Gasteiger partial charge in [0.2, 0.25) is 5.91 Å². The van der Waals surface area contributed by atoms with Crippen LogP contribution in [0, 0.1) is 0 Å². The van der Waals surface area contributed by atoms with Crippen LogP contribution in [0.15, 0.2) is 36.4 Å². The highest BCUT2D eigenvalue weighted by molar-refractivity contribution is 5.89. The summed E-state index contributed by atoms with van der Waals surface area (Å²) in [7, 11) is 0. The molecule has 1 fully saturated rings. The van der Waals surface area contributed by atoms with Crippen molar-refractivity contribution in [3.05, 3.63) is 47.5 Å². The molecule has 0 bridgehead atoms. The number of nitrogens with one attached hydrogen (secondary N) is 1. The van der Waals surface area contributed by atoms with E-state index in [0.29, 0.717) is 5.39 Å². The van der Waals surface area contributed by atoms with E-state index in [0.717, 1.165) is 28.8 Å². The van der Waals surface area contributed by atoms with E-state index in [1.54, 1.807) is 38.1 Å². The van der Waals surface area contributed by atoms with Crippen molar-refractivity contribution in [1.29, 1.82) is 0 Å². The van der Waals surface area contributed by atoms with Crippen molar-refractivity contribution in [1.82, 2.24) is 10.4 Å². The van der Waals surface area contributed by atoms with Crippen LogP contribution in [0.1, 0.15) is 50.8 Å². The van der Waals surface area contributed by atoms with Crippen molar-refractivity contribution in [2.45, 2.75) is 57.8 Å². The molecule has 6 heteroatoms. The Balaban J connectivity index is 2.20. The minimum absolute atomic E-state index is 0.0332. The topological polar surface area (TPSA) is 32.3 Å². The number of nitrogens with zero attached hydrogens (tertiary/aromatic N) is 1. The minimum Gasteiger partial charge on any atom is -0.287 e. The van der Waals surface area contributed by atoms with Gasteiger partial charge in [0.25, 0.3) is 0 Å². The number of aryl methyl sites for hydroxylation is 1. The maximum Gasteiger partial charge on any atom is 0.409 e. The molecule has 0 radical (unpaired) electrons. The van der Waals surface area contributed by atoms with Crippen LogP contribution in [-0.4, -0.2) is 22.6 Å². The number of carbonyl (C=O) groups is 1. The molecule has 0 saturated carbocycles. The molecule has 1 aliphatic heterocycles. The van der Waals surface area contributed by atoms with Gasteiger partial charge in [-0.1, -0.05) is 49.7 Å². The van der Waals surface area contributed by atoms with Gasteiger partial charge in [0.1, 0.15) is 0 Å². The molecule has 1 aliphatic rings. The molecule has 2 aromatic rings. The molecule has 26 heavy (non-hydrogen) atoms. The molecule has 0 aromatic heterocycles. The smallest absolute Gasteiger partial charge is 0.287 e. The van der Waals surface area contributed by atoms with Gasteiger partial charge in [-0.05, 0) is 42.2 Å². The quantitative estimate of drug-likeness (QED) is 0.836. The lowest BCUT2D eigenvalue weighted by Crippen LogP contribution is -2.51. The van der Waals surface area contributed by atoms with E-state index in [1.807, 2.05) is 19.1 Å². The Morgan fingerprint density at radius 2 is 1.81 bits per heavy atom. The lowest BCUT2D eigenvalue weighted by atomic mass is 9.91. The Bertz CT molecular complexity index is 829. The van der Waals surface area contributed by atoms with Crippen LogP contribution in [0.4, 0.5) is 13.2 Å². The molecule has 3 nitrogen and oxygen atoms in total. The molecule has 1 N–H and O–H groups in total. The summed E-state index contributed by atoms with van der Waals surface area (Å²) in [6, 6.07) is 8.64. The Labute approximate surface area is 151 Å². The Morgan fingerprint density at radius 3 is 2.35 bits per heavy atom. The number of rotatable bonds is 4. The standard InChI is InChI=1S/C20H23F3N2O/c1-4-7-13-10-11-16(15-9-6-5-8-14(13)15)18(20(21,22)23)25-19(2,3)12-17(26)24-25/h5-6,8-11,18H,4,7,12H2,1-3H3,(H,24,26)/t18-/m0/s1. The predicted molar refractivity (Wildman–Crippen MR) is 95.4 cm³/mol. The zero-order chi connectivity index (χ0) is 19.1. The van der Waals surface area contributed by atoms with Crippen LogP contribution in [0.5, 0.6) is 0 Å². The molecule has 0 aliphatic carbocycles. The first kappa shape index (κ1) is 18.7. The number of amides is 1. The second-order valence-electron chi connectivity index (χ2n) is 7.45. The third kappa shape index (κ3) is 3.30. The molecule has 1 saturated heterocycles. The fraction of sp³-hybridized carbons (Fsp3) is 0.450. The molecule has 0 unspecified atom stereocenters. The van der Waals surface area contributed by atoms with Crippen molar-refractivity contribution in [3.8, 4) is 0 Å². The number of halogens is 3. The normalized spacial score (nSPS) is 18.9. The van der Waals surface area contributed by atoms with Crippen molar-refractivity contribution in [3.63, 3.8) is 0 Å². The molecule has 1 amide bonds. The van der Waals surface area contributed by atoms with Gasteiger partial charge in [0, 0.05) is 12.0 Å². The highest BCUT2D eigenvalue weighted by Crippen LogP contribution is 2.45. The van der Waals surface area contributed by atoms with Gasteiger partial charge in [-0.3, -0.25) is 10.2 Å². The summed E-state index contributed by atoms with van der Waals surface area (Å²) in [4.78, 5) is 11.8. The molecular formula is C20H23F3N2O. The van der Waals surface area contributed by atoms with Gasteiger partial charge in [0.15, 0.2) is 6.04 Å². The summed E-state index contributed by atoms with van der Waals surface area (Å²) >= 11 is 0. The molecule has 140 valence electrons. The summed E-state index contributed by atoms with van der Waals surface area (Å²) in [5.74, 6) is -0.392. The zero-order valence-corrected chi connectivity index (χ0v) is 15.2. The number of hydrogen-bond acceptors (Lipinski definition) is 2. The first-order chi connectivity index (χ1) is 12.1. The fourth-order valence-electron chi connectivity index (χ4n) is 3.79. The van der Waals surface area contributed by atoms with E-state index in [-0.39, 0.29) is 12.0 Å². The second-order valence-corrected chi connectivity index (χ2v) is 7.45. The molecule has 0 spiro atoms. The van der Waals surface area contributed by atoms with E-state index >= 15 is 0 Å². The minimum atomic E-state index is -4.52. The van der Waals surface area contributed by atoms with E-state index in [2.05, 4.69) is 5.43 Å². The average Bonchev–Trinajstić information content (AvgIpc) is 2.81. The summed E-state index contributed by atoms with van der Waals surface area (Å²) < 4.78 is 42.3. The molecule has 1 atom stereocenters. The zero-order valence-electron chi connectivity index (χ0n) is 15.2. The van der Waals surface area contributed by atoms with Crippen LogP contribution in [0.25, 0.3) is 10.8 Å². The van der Waals surface area contributed by atoms with Crippen LogP contribution >= 0.6 is 0 Å². The number of carbonyl (C=O) groups excluding carboxylic acids is 1. The highest BCUT2D eigenvalue weighted by atomic mass is 19.4. The van der Waals surface area contributed by atoms with Crippen molar-refractivity contribution < 1.29 is 18.0 Å². The van der Waals surface area contributed by atoms with Crippen LogP contribution in [0.3, 0.4) is 0 Å². The Kier molecular flexibility index (Phi) is 4.73. The van der Waals surface area contributed by atoms with Gasteiger partial charge in [-0.15, -0.1) is 0 Å². The van der Waals surface area contributed by atoms with E-state index in [9.17, 15) is 18.0 Å². The average molecular weight is 364 g/mol. The van der Waals surface area contributed by atoms with Crippen molar-refractivity contribution in [2.24, 2.45) is 0 Å². The fourth-order valence-corrected chi connectivity index (χ4v) is 3.79. The molecule has 1 heterocycles. The number of alkyl halides is 3. The third-order valence-corrected chi connectivity index (χ3v) is 4.92. The maximum atomic E-state index is 14.1. The summed E-state index contributed by atoms with van der Waals surface area (Å²) in [5.41, 5.74) is 2.71. The first-order valence-electron chi connectivity index (χ1n) is 8.81. The van der Waals surface area contributed by atoms with Gasteiger partial charge in [0.05, 0.1) is 0 Å². The van der Waals surface area contributed by atoms with Crippen molar-refractivity contribution >= 4 is 16.7 Å². The van der Waals surface area contributed by atoms with Gasteiger partial charge < -0.3 is 0 Å². The van der Waals surface area contributed by atoms with E-state index in [1.165, 1.54) is 0 Å². The number of hydrogen-bond donors (Lipinski definition) is 1. The number of benzene rings is 2. The number of hydrazine groups is 1. The van der Waals surface area contributed by atoms with E-state index < -0.39 is 23.7 Å². The molecule has 2 aromatic carbocycles. The summed E-state index contributed by atoms with van der Waals surface area (Å²) in [5, 5.41) is 2.48.